The number of hydrogen-bond donors (Lipinski definition) is 1. The quantitative estimate of drug-likeness (QED) is 0.849. The molecular weight excluding hydrogens is 320 g/mol. The molecule has 1 N–H and O–H groups in total. The van der Waals surface area contributed by atoms with Crippen LogP contribution >= 0.6 is 0 Å². The monoisotopic (exact) mass is 348 g/mol. The summed E-state index contributed by atoms with van der Waals surface area (Å²) >= 11 is 0. The van der Waals surface area contributed by atoms with E-state index in [9.17, 15) is 9.59 Å². The van der Waals surface area contributed by atoms with E-state index in [1.54, 1.807) is 18.7 Å². The minimum absolute atomic E-state index is 0.285. The number of amides is 1. The van der Waals surface area contributed by atoms with Crippen LogP contribution in [-0.4, -0.2) is 41.8 Å². The van der Waals surface area contributed by atoms with E-state index >= 15 is 0 Å². The first kappa shape index (κ1) is 19.1. The lowest BCUT2D eigenvalue weighted by atomic mass is 9.98. The molecule has 0 atom stereocenters. The first-order chi connectivity index (χ1) is 11.5. The normalized spacial score (nSPS) is 14.6. The van der Waals surface area contributed by atoms with Crippen molar-refractivity contribution in [3.63, 3.8) is 0 Å². The second-order valence-corrected chi connectivity index (χ2v) is 7.88. The Morgan fingerprint density at radius 1 is 1.12 bits per heavy atom. The predicted molar refractivity (Wildman–Crippen MR) is 96.5 cm³/mol. The highest BCUT2D eigenvalue weighted by Gasteiger charge is 2.29. The number of carbonyl (C=O) groups excluding carboxylic acids is 2. The number of benzene rings is 1. The number of ether oxygens (including phenoxy) is 2. The topological polar surface area (TPSA) is 67.9 Å². The molecule has 0 saturated heterocycles. The van der Waals surface area contributed by atoms with Crippen molar-refractivity contribution in [3.8, 4) is 0 Å². The number of anilines is 1. The van der Waals surface area contributed by atoms with Crippen LogP contribution in [0.5, 0.6) is 0 Å². The SMILES string of the molecule is COC(=O)C(C)(C)Nc1ccc2c(c1)CCN(C(=O)OC(C)(C)C)C2. The van der Waals surface area contributed by atoms with Crippen molar-refractivity contribution in [2.45, 2.75) is 58.7 Å². The molecule has 1 aliphatic rings. The molecule has 1 amide bonds. The van der Waals surface area contributed by atoms with E-state index in [4.69, 9.17) is 9.47 Å². The molecule has 0 unspecified atom stereocenters. The molecular formula is C19H28N2O4. The van der Waals surface area contributed by atoms with E-state index in [-0.39, 0.29) is 12.1 Å². The van der Waals surface area contributed by atoms with Crippen LogP contribution in [0.2, 0.25) is 0 Å². The number of hydrogen-bond acceptors (Lipinski definition) is 5. The average molecular weight is 348 g/mol. The first-order valence-electron chi connectivity index (χ1n) is 8.48. The van der Waals surface area contributed by atoms with Crippen molar-refractivity contribution < 1.29 is 19.1 Å². The molecule has 0 spiro atoms. The lowest BCUT2D eigenvalue weighted by Gasteiger charge is -2.32. The number of carbonyl (C=O) groups is 2. The Bertz CT molecular complexity index is 662. The van der Waals surface area contributed by atoms with Crippen molar-refractivity contribution >= 4 is 17.7 Å². The van der Waals surface area contributed by atoms with Crippen molar-refractivity contribution in [3.05, 3.63) is 29.3 Å². The molecule has 1 aliphatic heterocycles. The maximum Gasteiger partial charge on any atom is 0.410 e. The largest absolute Gasteiger partial charge is 0.467 e. The Kier molecular flexibility index (Phi) is 5.30. The van der Waals surface area contributed by atoms with Gasteiger partial charge in [-0.15, -0.1) is 0 Å². The van der Waals surface area contributed by atoms with Gasteiger partial charge in [0.05, 0.1) is 7.11 Å². The van der Waals surface area contributed by atoms with Crippen molar-refractivity contribution in [1.82, 2.24) is 4.90 Å². The van der Waals surface area contributed by atoms with Gasteiger partial charge >= 0.3 is 12.1 Å². The van der Waals surface area contributed by atoms with E-state index in [2.05, 4.69) is 5.32 Å². The molecule has 6 heteroatoms. The highest BCUT2D eigenvalue weighted by atomic mass is 16.6. The molecule has 0 bridgehead atoms. The molecule has 1 aromatic rings. The molecule has 2 rings (SSSR count). The Balaban J connectivity index is 2.09. The summed E-state index contributed by atoms with van der Waals surface area (Å²) in [5.74, 6) is -0.318. The zero-order valence-corrected chi connectivity index (χ0v) is 15.9. The van der Waals surface area contributed by atoms with Crippen LogP contribution in [0.3, 0.4) is 0 Å². The second kappa shape index (κ2) is 6.94. The van der Waals surface area contributed by atoms with Gasteiger partial charge < -0.3 is 19.7 Å². The molecule has 1 heterocycles. The fraction of sp³-hybridized carbons (Fsp3) is 0.579. The number of nitrogens with zero attached hydrogens (tertiary/aromatic N) is 1. The molecule has 25 heavy (non-hydrogen) atoms. The molecule has 0 fully saturated rings. The van der Waals surface area contributed by atoms with Gasteiger partial charge in [-0.05, 0) is 64.3 Å². The smallest absolute Gasteiger partial charge is 0.410 e. The second-order valence-electron chi connectivity index (χ2n) is 7.88. The van der Waals surface area contributed by atoms with Crippen LogP contribution in [0.15, 0.2) is 18.2 Å². The molecule has 138 valence electrons. The van der Waals surface area contributed by atoms with Gasteiger partial charge in [0.15, 0.2) is 0 Å². The van der Waals surface area contributed by atoms with Gasteiger partial charge in [-0.2, -0.15) is 0 Å². The molecule has 0 aromatic heterocycles. The van der Waals surface area contributed by atoms with Crippen LogP contribution < -0.4 is 5.32 Å². The molecule has 1 aromatic carbocycles. The summed E-state index contributed by atoms with van der Waals surface area (Å²) in [5.41, 5.74) is 1.83. The Hall–Kier alpha value is -2.24. The van der Waals surface area contributed by atoms with Crippen LogP contribution in [0.25, 0.3) is 0 Å². The molecule has 0 radical (unpaired) electrons. The van der Waals surface area contributed by atoms with Gasteiger partial charge in [-0.3, -0.25) is 0 Å². The van der Waals surface area contributed by atoms with E-state index < -0.39 is 11.1 Å². The predicted octanol–water partition coefficient (Wildman–Crippen LogP) is 3.34. The minimum Gasteiger partial charge on any atom is -0.467 e. The van der Waals surface area contributed by atoms with Gasteiger partial charge in [0.25, 0.3) is 0 Å². The van der Waals surface area contributed by atoms with Gasteiger partial charge in [0.1, 0.15) is 11.1 Å². The number of nitrogens with one attached hydrogen (secondary N) is 1. The number of fused-ring (bicyclic) bond motifs is 1. The lowest BCUT2D eigenvalue weighted by molar-refractivity contribution is -0.144. The van der Waals surface area contributed by atoms with Gasteiger partial charge in [0, 0.05) is 18.8 Å². The highest BCUT2D eigenvalue weighted by molar-refractivity contribution is 5.83. The Morgan fingerprint density at radius 3 is 2.40 bits per heavy atom. The van der Waals surface area contributed by atoms with Gasteiger partial charge in [-0.25, -0.2) is 9.59 Å². The van der Waals surface area contributed by atoms with Crippen LogP contribution in [0.4, 0.5) is 10.5 Å². The van der Waals surface area contributed by atoms with Crippen LogP contribution in [0.1, 0.15) is 45.7 Å². The maximum atomic E-state index is 12.2. The third-order valence-electron chi connectivity index (χ3n) is 4.02. The summed E-state index contributed by atoms with van der Waals surface area (Å²) in [6, 6.07) is 5.94. The fourth-order valence-corrected chi connectivity index (χ4v) is 2.78. The lowest BCUT2D eigenvalue weighted by Crippen LogP contribution is -2.41. The summed E-state index contributed by atoms with van der Waals surface area (Å²) in [7, 11) is 1.38. The van der Waals surface area contributed by atoms with E-state index in [0.29, 0.717) is 13.1 Å². The zero-order valence-electron chi connectivity index (χ0n) is 15.9. The van der Waals surface area contributed by atoms with Crippen LogP contribution in [-0.2, 0) is 27.2 Å². The summed E-state index contributed by atoms with van der Waals surface area (Å²) in [6.45, 7) is 10.3. The van der Waals surface area contributed by atoms with Crippen LogP contribution in [0, 0.1) is 0 Å². The molecule has 0 aliphatic carbocycles. The standard InChI is InChI=1S/C19H28N2O4/c1-18(2,3)25-17(23)21-10-9-13-11-15(8-7-14(13)12-21)20-19(4,5)16(22)24-6/h7-8,11,20H,9-10,12H2,1-6H3. The van der Waals surface area contributed by atoms with E-state index in [1.807, 2.05) is 39.0 Å². The van der Waals surface area contributed by atoms with Gasteiger partial charge in [-0.1, -0.05) is 6.07 Å². The zero-order chi connectivity index (χ0) is 18.8. The Labute approximate surface area is 149 Å². The van der Waals surface area contributed by atoms with E-state index in [0.717, 1.165) is 17.7 Å². The van der Waals surface area contributed by atoms with E-state index in [1.165, 1.54) is 12.7 Å². The summed E-state index contributed by atoms with van der Waals surface area (Å²) in [5, 5.41) is 3.20. The van der Waals surface area contributed by atoms with Crippen molar-refractivity contribution in [1.29, 1.82) is 0 Å². The molecule has 6 nitrogen and oxygen atoms in total. The first-order valence-corrected chi connectivity index (χ1v) is 8.48. The van der Waals surface area contributed by atoms with Gasteiger partial charge in [0.2, 0.25) is 0 Å². The summed E-state index contributed by atoms with van der Waals surface area (Å²) < 4.78 is 10.3. The summed E-state index contributed by atoms with van der Waals surface area (Å²) in [4.78, 5) is 25.8. The minimum atomic E-state index is -0.805. The third-order valence-corrected chi connectivity index (χ3v) is 4.02. The maximum absolute atomic E-state index is 12.2. The van der Waals surface area contributed by atoms with Crippen molar-refractivity contribution in [2.24, 2.45) is 0 Å². The number of rotatable bonds is 3. The number of methoxy groups -OCH3 is 1. The summed E-state index contributed by atoms with van der Waals surface area (Å²) in [6.07, 6.45) is 0.468. The molecule has 0 saturated carbocycles. The number of esters is 1. The van der Waals surface area contributed by atoms with Crippen molar-refractivity contribution in [2.75, 3.05) is 19.0 Å². The third kappa shape index (κ3) is 4.87. The highest BCUT2D eigenvalue weighted by Crippen LogP contribution is 2.25. The Morgan fingerprint density at radius 2 is 1.80 bits per heavy atom. The fourth-order valence-electron chi connectivity index (χ4n) is 2.78. The average Bonchev–Trinajstić information content (AvgIpc) is 2.51.